The average molecular weight is 304 g/mol. The Kier molecular flexibility index (Phi) is 6.61. The molecule has 0 aliphatic heterocycles. The number of amides is 2. The third-order valence-electron chi connectivity index (χ3n) is 2.79. The van der Waals surface area contributed by atoms with Crippen molar-refractivity contribution in [2.24, 2.45) is 11.5 Å². The number of rotatable bonds is 5. The third kappa shape index (κ3) is 4.47. The minimum atomic E-state index is -1.09. The molecule has 0 spiro atoms. The highest BCUT2D eigenvalue weighted by Gasteiger charge is 2.27. The number of carbonyl (C=O) groups is 2. The van der Waals surface area contributed by atoms with Crippen LogP contribution in [0.3, 0.4) is 0 Å². The van der Waals surface area contributed by atoms with Gasteiger partial charge in [-0.2, -0.15) is 0 Å². The Morgan fingerprint density at radius 2 is 2.00 bits per heavy atom. The van der Waals surface area contributed by atoms with E-state index < -0.39 is 23.2 Å². The van der Waals surface area contributed by atoms with Crippen LogP contribution < -0.4 is 16.8 Å². The van der Waals surface area contributed by atoms with E-state index in [9.17, 15) is 14.0 Å². The molecule has 0 bridgehead atoms. The molecule has 0 saturated carbocycles. The van der Waals surface area contributed by atoms with E-state index in [0.717, 1.165) is 12.5 Å². The van der Waals surface area contributed by atoms with Crippen molar-refractivity contribution < 1.29 is 14.0 Å². The Balaban J connectivity index is 0.00000361. The van der Waals surface area contributed by atoms with Crippen LogP contribution in [-0.4, -0.2) is 17.4 Å². The molecule has 20 heavy (non-hydrogen) atoms. The Hall–Kier alpha value is -1.66. The molecule has 1 rings (SSSR count). The van der Waals surface area contributed by atoms with E-state index in [1.54, 1.807) is 6.92 Å². The average Bonchev–Trinajstić information content (AvgIpc) is 2.31. The van der Waals surface area contributed by atoms with Crippen molar-refractivity contribution in [3.63, 3.8) is 0 Å². The number of nitrogens with one attached hydrogen (secondary N) is 1. The number of halogens is 2. The van der Waals surface area contributed by atoms with Gasteiger partial charge >= 0.3 is 0 Å². The second-order valence-electron chi connectivity index (χ2n) is 4.68. The molecule has 0 fully saturated rings. The molecule has 0 radical (unpaired) electrons. The maximum absolute atomic E-state index is 13.6. The predicted molar refractivity (Wildman–Crippen MR) is 78.3 cm³/mol. The van der Waals surface area contributed by atoms with Gasteiger partial charge in [0.15, 0.2) is 0 Å². The lowest BCUT2D eigenvalue weighted by Crippen LogP contribution is -2.48. The van der Waals surface area contributed by atoms with E-state index in [-0.39, 0.29) is 23.7 Å². The number of anilines is 1. The number of primary amides is 1. The summed E-state index contributed by atoms with van der Waals surface area (Å²) in [7, 11) is 0. The fraction of sp³-hybridized carbons (Fsp3) is 0.385. The summed E-state index contributed by atoms with van der Waals surface area (Å²) in [5.41, 5.74) is 9.86. The lowest BCUT2D eigenvalue weighted by Gasteiger charge is -2.23. The number of hydrogen-bond donors (Lipinski definition) is 3. The summed E-state index contributed by atoms with van der Waals surface area (Å²) in [6.45, 7) is 3.47. The van der Waals surface area contributed by atoms with Gasteiger partial charge in [-0.25, -0.2) is 4.39 Å². The lowest BCUT2D eigenvalue weighted by molar-refractivity contribution is -0.120. The van der Waals surface area contributed by atoms with Gasteiger partial charge in [-0.1, -0.05) is 13.3 Å². The van der Waals surface area contributed by atoms with Gasteiger partial charge < -0.3 is 16.8 Å². The second kappa shape index (κ2) is 7.21. The fourth-order valence-electron chi connectivity index (χ4n) is 1.67. The van der Waals surface area contributed by atoms with Gasteiger partial charge in [-0.3, -0.25) is 9.59 Å². The summed E-state index contributed by atoms with van der Waals surface area (Å²) in [6.07, 6.45) is 1.19. The van der Waals surface area contributed by atoms with Crippen molar-refractivity contribution in [3.8, 4) is 0 Å². The number of nitrogens with two attached hydrogens (primary N) is 2. The van der Waals surface area contributed by atoms with Crippen LogP contribution in [0.4, 0.5) is 10.1 Å². The summed E-state index contributed by atoms with van der Waals surface area (Å²) < 4.78 is 13.6. The molecule has 0 heterocycles. The highest BCUT2D eigenvalue weighted by atomic mass is 35.5. The van der Waals surface area contributed by atoms with Gasteiger partial charge in [-0.05, 0) is 31.5 Å². The van der Waals surface area contributed by atoms with Crippen LogP contribution in [0.5, 0.6) is 0 Å². The highest BCUT2D eigenvalue weighted by Crippen LogP contribution is 2.18. The summed E-state index contributed by atoms with van der Waals surface area (Å²) in [5, 5.41) is 2.38. The summed E-state index contributed by atoms with van der Waals surface area (Å²) >= 11 is 0. The first-order chi connectivity index (χ1) is 8.77. The fourth-order valence-corrected chi connectivity index (χ4v) is 1.67. The van der Waals surface area contributed by atoms with Crippen LogP contribution >= 0.6 is 12.4 Å². The van der Waals surface area contributed by atoms with E-state index in [2.05, 4.69) is 5.32 Å². The first kappa shape index (κ1) is 18.3. The molecule has 0 aromatic heterocycles. The monoisotopic (exact) mass is 303 g/mol. The van der Waals surface area contributed by atoms with Crippen molar-refractivity contribution in [3.05, 3.63) is 29.6 Å². The normalized spacial score (nSPS) is 13.0. The maximum atomic E-state index is 13.6. The largest absolute Gasteiger partial charge is 0.366 e. The van der Waals surface area contributed by atoms with Gasteiger partial charge in [-0.15, -0.1) is 12.4 Å². The lowest BCUT2D eigenvalue weighted by atomic mass is 9.96. The Morgan fingerprint density at radius 3 is 2.50 bits per heavy atom. The summed E-state index contributed by atoms with van der Waals surface area (Å²) in [6, 6.07) is 3.52. The van der Waals surface area contributed by atoms with Gasteiger partial charge in [0.2, 0.25) is 11.8 Å². The van der Waals surface area contributed by atoms with E-state index in [4.69, 9.17) is 11.5 Å². The van der Waals surface area contributed by atoms with E-state index in [1.807, 2.05) is 6.92 Å². The third-order valence-corrected chi connectivity index (χ3v) is 2.79. The minimum absolute atomic E-state index is 0. The zero-order chi connectivity index (χ0) is 14.6. The second-order valence-corrected chi connectivity index (χ2v) is 4.68. The molecule has 1 aromatic carbocycles. The van der Waals surface area contributed by atoms with Crippen molar-refractivity contribution in [1.82, 2.24) is 0 Å². The minimum Gasteiger partial charge on any atom is -0.366 e. The number of hydrogen-bond acceptors (Lipinski definition) is 3. The topological polar surface area (TPSA) is 98.2 Å². The molecular formula is C13H19ClFN3O2. The number of benzene rings is 1. The standard InChI is InChI=1S/C13H18FN3O2.ClH/c1-3-6-13(2,16)12(19)17-10-7-8(11(15)18)4-5-9(10)14;/h4-5,7H,3,6,16H2,1-2H3,(H2,15,18)(H,17,19);1H. The van der Waals surface area contributed by atoms with Gasteiger partial charge in [0, 0.05) is 5.56 Å². The van der Waals surface area contributed by atoms with Crippen molar-refractivity contribution in [2.75, 3.05) is 5.32 Å². The van der Waals surface area contributed by atoms with Crippen molar-refractivity contribution >= 4 is 29.9 Å². The van der Waals surface area contributed by atoms with Crippen LogP contribution in [0.1, 0.15) is 37.0 Å². The zero-order valence-corrected chi connectivity index (χ0v) is 12.2. The predicted octanol–water partition coefficient (Wildman–Crippen LogP) is 1.80. The summed E-state index contributed by atoms with van der Waals surface area (Å²) in [4.78, 5) is 23.0. The van der Waals surface area contributed by atoms with Gasteiger partial charge in [0.25, 0.3) is 0 Å². The van der Waals surface area contributed by atoms with E-state index >= 15 is 0 Å². The Bertz CT molecular complexity index is 506. The maximum Gasteiger partial charge on any atom is 0.248 e. The molecule has 7 heteroatoms. The Labute approximate surface area is 123 Å². The van der Waals surface area contributed by atoms with Crippen LogP contribution in [-0.2, 0) is 4.79 Å². The first-order valence-electron chi connectivity index (χ1n) is 5.97. The molecule has 2 amide bonds. The first-order valence-corrected chi connectivity index (χ1v) is 5.97. The van der Waals surface area contributed by atoms with E-state index in [0.29, 0.717) is 6.42 Å². The molecule has 1 unspecified atom stereocenters. The van der Waals surface area contributed by atoms with Gasteiger partial charge in [0.05, 0.1) is 11.2 Å². The molecule has 5 N–H and O–H groups in total. The molecule has 0 aliphatic carbocycles. The highest BCUT2D eigenvalue weighted by molar-refractivity contribution is 5.99. The quantitative estimate of drug-likeness (QED) is 0.773. The van der Waals surface area contributed by atoms with Crippen LogP contribution in [0.15, 0.2) is 18.2 Å². The SMILES string of the molecule is CCCC(C)(N)C(=O)Nc1cc(C(N)=O)ccc1F.Cl. The van der Waals surface area contributed by atoms with Gasteiger partial charge in [0.1, 0.15) is 5.82 Å². The number of carbonyl (C=O) groups excluding carboxylic acids is 2. The van der Waals surface area contributed by atoms with Crippen molar-refractivity contribution in [1.29, 1.82) is 0 Å². The van der Waals surface area contributed by atoms with Crippen LogP contribution in [0.2, 0.25) is 0 Å². The molecule has 1 aromatic rings. The molecule has 0 aliphatic rings. The molecular weight excluding hydrogens is 285 g/mol. The molecule has 5 nitrogen and oxygen atoms in total. The smallest absolute Gasteiger partial charge is 0.248 e. The van der Waals surface area contributed by atoms with Crippen LogP contribution in [0.25, 0.3) is 0 Å². The Morgan fingerprint density at radius 1 is 1.40 bits per heavy atom. The summed E-state index contributed by atoms with van der Waals surface area (Å²) in [5.74, 6) is -1.85. The van der Waals surface area contributed by atoms with Crippen LogP contribution in [0, 0.1) is 5.82 Å². The molecule has 1 atom stereocenters. The zero-order valence-electron chi connectivity index (χ0n) is 11.4. The molecule has 112 valence electrons. The molecule has 0 saturated heterocycles. The van der Waals surface area contributed by atoms with Crippen molar-refractivity contribution in [2.45, 2.75) is 32.2 Å². The van der Waals surface area contributed by atoms with E-state index in [1.165, 1.54) is 12.1 Å².